The largest absolute Gasteiger partial charge is 0.508 e. The Balaban J connectivity index is 2.07. The summed E-state index contributed by atoms with van der Waals surface area (Å²) < 4.78 is 0.991. The molecule has 1 fully saturated rings. The van der Waals surface area contributed by atoms with E-state index in [-0.39, 0.29) is 28.2 Å². The zero-order valence-electron chi connectivity index (χ0n) is 12.9. The van der Waals surface area contributed by atoms with Gasteiger partial charge in [-0.25, -0.2) is 0 Å². The third-order valence-electron chi connectivity index (χ3n) is 4.48. The number of phenolic OH excluding ortho intramolecular Hbond substituents is 1. The number of halogens is 2. The lowest BCUT2D eigenvalue weighted by atomic mass is 9.83. The van der Waals surface area contributed by atoms with Gasteiger partial charge >= 0.3 is 0 Å². The van der Waals surface area contributed by atoms with Crippen molar-refractivity contribution in [1.29, 1.82) is 0 Å². The molecule has 0 amide bonds. The number of hydrogen-bond acceptors (Lipinski definition) is 4. The Hall–Kier alpha value is -1.38. The van der Waals surface area contributed by atoms with E-state index < -0.39 is 0 Å². The van der Waals surface area contributed by atoms with Crippen molar-refractivity contribution in [1.82, 2.24) is 4.90 Å². The molecule has 0 aromatic heterocycles. The molecule has 2 aromatic carbocycles. The number of benzene rings is 2. The molecule has 2 aromatic rings. The molecule has 0 spiro atoms. The van der Waals surface area contributed by atoms with Gasteiger partial charge in [0.2, 0.25) is 0 Å². The number of nitro benzene ring substituents is 1. The van der Waals surface area contributed by atoms with Gasteiger partial charge in [-0.1, -0.05) is 11.6 Å². The molecule has 3 rings (SSSR count). The van der Waals surface area contributed by atoms with Crippen LogP contribution in [0.4, 0.5) is 5.69 Å². The maximum Gasteiger partial charge on any atom is 0.269 e. The van der Waals surface area contributed by atoms with Crippen LogP contribution in [-0.2, 0) is 0 Å². The van der Waals surface area contributed by atoms with Crippen LogP contribution in [0.1, 0.15) is 23.0 Å². The van der Waals surface area contributed by atoms with Crippen molar-refractivity contribution >= 4 is 39.9 Å². The minimum absolute atomic E-state index is 0.0317. The average molecular weight is 459 g/mol. The van der Waals surface area contributed by atoms with E-state index in [9.17, 15) is 15.2 Å². The number of rotatable bonds is 3. The maximum absolute atomic E-state index is 11.1. The number of non-ortho nitro benzene ring substituents is 1. The number of likely N-dealkylation sites (N-methyl/N-ethyl adjacent to an activating group) is 1. The fourth-order valence-electron chi connectivity index (χ4n) is 3.38. The number of likely N-dealkylation sites (tertiary alicyclic amines) is 1. The van der Waals surface area contributed by atoms with Crippen molar-refractivity contribution in [3.05, 3.63) is 66.2 Å². The minimum Gasteiger partial charge on any atom is -0.508 e. The lowest BCUT2D eigenvalue weighted by Crippen LogP contribution is -2.13. The van der Waals surface area contributed by atoms with E-state index in [4.69, 9.17) is 11.6 Å². The van der Waals surface area contributed by atoms with Crippen molar-refractivity contribution in [3.63, 3.8) is 0 Å². The van der Waals surface area contributed by atoms with E-state index in [0.29, 0.717) is 5.02 Å². The zero-order chi connectivity index (χ0) is 17.4. The molecule has 1 heterocycles. The van der Waals surface area contributed by atoms with Crippen molar-refractivity contribution in [2.45, 2.75) is 11.8 Å². The SMILES string of the molecule is CN1C[C@@H](c2cc(Cl)ccc2O)[C@H](c2cc([N+](=O)[O-])ccc2I)C1. The molecule has 0 aliphatic carbocycles. The number of phenols is 1. The average Bonchev–Trinajstić information content (AvgIpc) is 2.91. The summed E-state index contributed by atoms with van der Waals surface area (Å²) in [5.74, 6) is 0.306. The first-order valence-electron chi connectivity index (χ1n) is 7.47. The quantitative estimate of drug-likeness (QED) is 0.421. The molecule has 7 heteroatoms. The summed E-state index contributed by atoms with van der Waals surface area (Å²) in [6.45, 7) is 1.53. The first kappa shape index (κ1) is 17.4. The van der Waals surface area contributed by atoms with Gasteiger partial charge in [0.25, 0.3) is 5.69 Å². The van der Waals surface area contributed by atoms with Crippen molar-refractivity contribution < 1.29 is 10.0 Å². The maximum atomic E-state index is 11.1. The van der Waals surface area contributed by atoms with Gasteiger partial charge < -0.3 is 10.0 Å². The summed E-state index contributed by atoms with van der Waals surface area (Å²) in [7, 11) is 2.01. The normalized spacial score (nSPS) is 21.1. The van der Waals surface area contributed by atoms with E-state index in [1.165, 1.54) is 6.07 Å². The van der Waals surface area contributed by atoms with Gasteiger partial charge in [-0.15, -0.1) is 0 Å². The predicted molar refractivity (Wildman–Crippen MR) is 102 cm³/mol. The number of nitrogens with zero attached hydrogens (tertiary/aromatic N) is 2. The second kappa shape index (κ2) is 6.85. The zero-order valence-corrected chi connectivity index (χ0v) is 15.9. The fourth-order valence-corrected chi connectivity index (χ4v) is 4.30. The van der Waals surface area contributed by atoms with Crippen LogP contribution < -0.4 is 0 Å². The van der Waals surface area contributed by atoms with Crippen LogP contribution in [0.3, 0.4) is 0 Å². The fraction of sp³-hybridized carbons (Fsp3) is 0.294. The van der Waals surface area contributed by atoms with Crippen LogP contribution in [0.5, 0.6) is 5.75 Å². The molecule has 1 saturated heterocycles. The third kappa shape index (κ3) is 3.36. The molecular weight excluding hydrogens is 443 g/mol. The van der Waals surface area contributed by atoms with Crippen molar-refractivity contribution in [2.75, 3.05) is 20.1 Å². The highest BCUT2D eigenvalue weighted by Gasteiger charge is 2.36. The van der Waals surface area contributed by atoms with Crippen molar-refractivity contribution in [3.8, 4) is 5.75 Å². The van der Waals surface area contributed by atoms with E-state index >= 15 is 0 Å². The minimum atomic E-state index is -0.371. The third-order valence-corrected chi connectivity index (χ3v) is 5.70. The summed E-state index contributed by atoms with van der Waals surface area (Å²) in [6.07, 6.45) is 0. The molecule has 0 bridgehead atoms. The highest BCUT2D eigenvalue weighted by molar-refractivity contribution is 14.1. The van der Waals surface area contributed by atoms with Crippen LogP contribution in [0.25, 0.3) is 0 Å². The Morgan fingerprint density at radius 1 is 1.21 bits per heavy atom. The molecule has 126 valence electrons. The highest BCUT2D eigenvalue weighted by atomic mass is 127. The molecule has 1 N–H and O–H groups in total. The second-order valence-corrected chi connectivity index (χ2v) is 7.70. The molecular formula is C17H16ClIN2O3. The summed E-state index contributed by atoms with van der Waals surface area (Å²) in [6, 6.07) is 10.0. The van der Waals surface area contributed by atoms with Crippen LogP contribution in [0, 0.1) is 13.7 Å². The smallest absolute Gasteiger partial charge is 0.269 e. The summed E-state index contributed by atoms with van der Waals surface area (Å²) in [5, 5.41) is 22.0. The van der Waals surface area contributed by atoms with Crippen LogP contribution in [-0.4, -0.2) is 35.1 Å². The topological polar surface area (TPSA) is 66.6 Å². The van der Waals surface area contributed by atoms with Crippen molar-refractivity contribution in [2.24, 2.45) is 0 Å². The molecule has 0 saturated carbocycles. The molecule has 2 atom stereocenters. The molecule has 1 aliphatic heterocycles. The predicted octanol–water partition coefficient (Wildman–Crippen LogP) is 4.37. The molecule has 0 radical (unpaired) electrons. The summed E-state index contributed by atoms with van der Waals surface area (Å²) >= 11 is 8.32. The molecule has 5 nitrogen and oxygen atoms in total. The Labute approximate surface area is 158 Å². The molecule has 1 aliphatic rings. The molecule has 24 heavy (non-hydrogen) atoms. The lowest BCUT2D eigenvalue weighted by molar-refractivity contribution is -0.384. The van der Waals surface area contributed by atoms with E-state index in [1.807, 2.05) is 7.05 Å². The number of aromatic hydroxyl groups is 1. The molecule has 0 unspecified atom stereocenters. The van der Waals surface area contributed by atoms with Gasteiger partial charge in [-0.3, -0.25) is 10.1 Å². The second-order valence-electron chi connectivity index (χ2n) is 6.10. The summed E-state index contributed by atoms with van der Waals surface area (Å²) in [4.78, 5) is 12.9. The van der Waals surface area contributed by atoms with E-state index in [2.05, 4.69) is 27.5 Å². The van der Waals surface area contributed by atoms with E-state index in [1.54, 1.807) is 30.3 Å². The lowest BCUT2D eigenvalue weighted by Gasteiger charge is -2.21. The van der Waals surface area contributed by atoms with Gasteiger partial charge in [0.1, 0.15) is 5.75 Å². The van der Waals surface area contributed by atoms with Gasteiger partial charge in [0, 0.05) is 51.2 Å². The standard InChI is InChI=1S/C17H16ClIN2O3/c1-20-8-14(12-7-11(21(23)24)3-4-16(12)19)15(9-20)13-6-10(18)2-5-17(13)22/h2-7,14-15,22H,8-9H2,1H3/t14-,15-/m0/s1. The first-order valence-corrected chi connectivity index (χ1v) is 8.93. The number of hydrogen-bond donors (Lipinski definition) is 1. The monoisotopic (exact) mass is 458 g/mol. The van der Waals surface area contributed by atoms with Crippen LogP contribution in [0.15, 0.2) is 36.4 Å². The van der Waals surface area contributed by atoms with Gasteiger partial charge in [-0.2, -0.15) is 0 Å². The van der Waals surface area contributed by atoms with Gasteiger partial charge in [-0.05, 0) is 59.5 Å². The Bertz CT molecular complexity index is 799. The van der Waals surface area contributed by atoms with Gasteiger partial charge in [0.15, 0.2) is 0 Å². The van der Waals surface area contributed by atoms with Gasteiger partial charge in [0.05, 0.1) is 4.92 Å². The summed E-state index contributed by atoms with van der Waals surface area (Å²) in [5.41, 5.74) is 1.83. The Morgan fingerprint density at radius 2 is 1.88 bits per heavy atom. The Morgan fingerprint density at radius 3 is 2.54 bits per heavy atom. The number of nitro groups is 1. The highest BCUT2D eigenvalue weighted by Crippen LogP contribution is 2.44. The first-order chi connectivity index (χ1) is 11.4. The Kier molecular flexibility index (Phi) is 4.98. The van der Waals surface area contributed by atoms with Crippen LogP contribution in [0.2, 0.25) is 5.02 Å². The van der Waals surface area contributed by atoms with Crippen LogP contribution >= 0.6 is 34.2 Å². The van der Waals surface area contributed by atoms with E-state index in [0.717, 1.165) is 27.8 Å².